The van der Waals surface area contributed by atoms with Crippen molar-refractivity contribution in [3.8, 4) is 0 Å². The van der Waals surface area contributed by atoms with Crippen LogP contribution >= 0.6 is 0 Å². The van der Waals surface area contributed by atoms with Gasteiger partial charge in [0, 0.05) is 0 Å². The van der Waals surface area contributed by atoms with Gasteiger partial charge in [-0.2, -0.15) is 4.99 Å². The third-order valence-electron chi connectivity index (χ3n) is 2.16. The van der Waals surface area contributed by atoms with E-state index < -0.39 is 12.0 Å². The fourth-order valence-electron chi connectivity index (χ4n) is 1.22. The second kappa shape index (κ2) is 8.53. The summed E-state index contributed by atoms with van der Waals surface area (Å²) < 4.78 is 4.47. The summed E-state index contributed by atoms with van der Waals surface area (Å²) in [5.74, 6) is -0.590. The minimum Gasteiger partial charge on any atom is -0.467 e. The van der Waals surface area contributed by atoms with Gasteiger partial charge in [0.2, 0.25) is 12.2 Å². The van der Waals surface area contributed by atoms with Crippen molar-refractivity contribution < 1.29 is 19.1 Å². The van der Waals surface area contributed by atoms with E-state index in [9.17, 15) is 14.4 Å². The van der Waals surface area contributed by atoms with Gasteiger partial charge in [-0.3, -0.25) is 0 Å². The molecule has 0 fully saturated rings. The van der Waals surface area contributed by atoms with Gasteiger partial charge in [0.05, 0.1) is 13.2 Å². The quantitative estimate of drug-likeness (QED) is 0.364. The molecule has 0 saturated heterocycles. The Balaban J connectivity index is 4.35. The highest BCUT2D eigenvalue weighted by molar-refractivity contribution is 5.76. The molecule has 0 saturated carbocycles. The van der Waals surface area contributed by atoms with Gasteiger partial charge in [0.15, 0.2) is 6.04 Å². The fourth-order valence-corrected chi connectivity index (χ4v) is 1.22. The number of rotatable bonds is 7. The minimum atomic E-state index is -0.863. The van der Waals surface area contributed by atoms with Gasteiger partial charge >= 0.3 is 5.97 Å². The molecule has 0 aliphatic rings. The summed E-state index contributed by atoms with van der Waals surface area (Å²) in [7, 11) is 1.22. The smallest absolute Gasteiger partial charge is 0.331 e. The normalized spacial score (nSPS) is 12.9. The summed E-state index contributed by atoms with van der Waals surface area (Å²) >= 11 is 0. The van der Waals surface area contributed by atoms with Crippen LogP contribution in [-0.2, 0) is 19.1 Å². The first-order valence-electron chi connectivity index (χ1n) is 4.91. The Labute approximate surface area is 93.4 Å². The summed E-state index contributed by atoms with van der Waals surface area (Å²) in [5.41, 5.74) is 0. The second-order valence-electron chi connectivity index (χ2n) is 3.12. The number of carbonyl (C=O) groups is 1. The zero-order valence-electron chi connectivity index (χ0n) is 9.30. The molecule has 0 aromatic heterocycles. The predicted octanol–water partition coefficient (Wildman–Crippen LogP) is 0.758. The Hall–Kier alpha value is -1.77. The number of nitrogens with zero attached hydrogens (tertiary/aromatic N) is 2. The number of carbonyl (C=O) groups excluding carboxylic acids is 3. The van der Waals surface area contributed by atoms with Crippen molar-refractivity contribution in [1.82, 2.24) is 0 Å². The summed E-state index contributed by atoms with van der Waals surface area (Å²) in [4.78, 5) is 38.2. The predicted molar refractivity (Wildman–Crippen MR) is 55.4 cm³/mol. The molecule has 0 aliphatic heterocycles. The van der Waals surface area contributed by atoms with Crippen LogP contribution in [0.25, 0.3) is 0 Å². The maximum absolute atomic E-state index is 11.2. The molecule has 0 rings (SSSR count). The maximum Gasteiger partial charge on any atom is 0.331 e. The van der Waals surface area contributed by atoms with Crippen LogP contribution in [-0.4, -0.2) is 37.3 Å². The molecule has 0 amide bonds. The van der Waals surface area contributed by atoms with Crippen molar-refractivity contribution >= 4 is 18.1 Å². The van der Waals surface area contributed by atoms with Gasteiger partial charge in [-0.05, 0) is 19.3 Å². The lowest BCUT2D eigenvalue weighted by Crippen LogP contribution is -2.21. The third-order valence-corrected chi connectivity index (χ3v) is 2.16. The summed E-state index contributed by atoms with van der Waals surface area (Å²) in [6.07, 6.45) is 4.22. The van der Waals surface area contributed by atoms with Crippen LogP contribution < -0.4 is 0 Å². The first-order valence-corrected chi connectivity index (χ1v) is 4.91. The van der Waals surface area contributed by atoms with Crippen molar-refractivity contribution in [2.24, 2.45) is 9.98 Å². The molecule has 2 atom stereocenters. The van der Waals surface area contributed by atoms with E-state index in [1.165, 1.54) is 19.3 Å². The molecule has 16 heavy (non-hydrogen) atoms. The lowest BCUT2D eigenvalue weighted by Gasteiger charge is -2.10. The molecule has 0 bridgehead atoms. The molecule has 2 unspecified atom stereocenters. The van der Waals surface area contributed by atoms with Crippen LogP contribution in [0.2, 0.25) is 0 Å². The van der Waals surface area contributed by atoms with Crippen molar-refractivity contribution in [2.45, 2.75) is 38.3 Å². The maximum atomic E-state index is 11.2. The Morgan fingerprint density at radius 1 is 1.25 bits per heavy atom. The number of aliphatic imine (C=N–C) groups is 2. The van der Waals surface area contributed by atoms with Crippen LogP contribution in [0.4, 0.5) is 0 Å². The Morgan fingerprint density at radius 2 is 1.88 bits per heavy atom. The highest BCUT2D eigenvalue weighted by Gasteiger charge is 2.19. The zero-order valence-corrected chi connectivity index (χ0v) is 9.30. The summed E-state index contributed by atoms with van der Waals surface area (Å²) in [5, 5.41) is 0. The first kappa shape index (κ1) is 14.2. The molecule has 0 heterocycles. The molecule has 0 N–H and O–H groups in total. The third kappa shape index (κ3) is 5.20. The van der Waals surface area contributed by atoms with Gasteiger partial charge in [0.1, 0.15) is 0 Å². The zero-order chi connectivity index (χ0) is 12.4. The average molecular weight is 226 g/mol. The Morgan fingerprint density at radius 3 is 2.31 bits per heavy atom. The topological polar surface area (TPSA) is 85.2 Å². The van der Waals surface area contributed by atoms with Crippen molar-refractivity contribution in [2.75, 3.05) is 7.11 Å². The standard InChI is InChI=1S/C10H14N2O4/c1-3-8(11-6-13)4-5-9(12-7-14)10(15)16-2/h8-9H,3-5H2,1-2H3. The molecule has 6 nitrogen and oxygen atoms in total. The van der Waals surface area contributed by atoms with Crippen LogP contribution in [0.3, 0.4) is 0 Å². The monoisotopic (exact) mass is 226 g/mol. The molecule has 0 aromatic carbocycles. The summed E-state index contributed by atoms with van der Waals surface area (Å²) in [6, 6.07) is -1.06. The highest BCUT2D eigenvalue weighted by atomic mass is 16.5. The largest absolute Gasteiger partial charge is 0.467 e. The first-order chi connectivity index (χ1) is 7.69. The summed E-state index contributed by atoms with van der Waals surface area (Å²) in [6.45, 7) is 1.86. The molecular weight excluding hydrogens is 212 g/mol. The number of hydrogen-bond acceptors (Lipinski definition) is 6. The highest BCUT2D eigenvalue weighted by Crippen LogP contribution is 2.11. The van der Waals surface area contributed by atoms with Gasteiger partial charge in [-0.1, -0.05) is 6.92 Å². The van der Waals surface area contributed by atoms with Gasteiger partial charge < -0.3 is 4.74 Å². The van der Waals surface area contributed by atoms with E-state index in [0.29, 0.717) is 19.3 Å². The van der Waals surface area contributed by atoms with E-state index in [-0.39, 0.29) is 6.04 Å². The molecular formula is C10H14N2O4. The van der Waals surface area contributed by atoms with E-state index in [1.807, 2.05) is 6.92 Å². The number of hydrogen-bond donors (Lipinski definition) is 0. The number of methoxy groups -OCH3 is 1. The van der Waals surface area contributed by atoms with E-state index in [0.717, 1.165) is 0 Å². The number of isocyanates is 2. The molecule has 6 heteroatoms. The lowest BCUT2D eigenvalue weighted by molar-refractivity contribution is -0.142. The van der Waals surface area contributed by atoms with E-state index in [4.69, 9.17) is 0 Å². The molecule has 0 aliphatic carbocycles. The molecule has 0 radical (unpaired) electrons. The van der Waals surface area contributed by atoms with Crippen LogP contribution in [0, 0.1) is 0 Å². The van der Waals surface area contributed by atoms with Crippen molar-refractivity contribution in [1.29, 1.82) is 0 Å². The van der Waals surface area contributed by atoms with Gasteiger partial charge in [-0.15, -0.1) is 0 Å². The van der Waals surface area contributed by atoms with Crippen LogP contribution in [0.1, 0.15) is 26.2 Å². The molecule has 88 valence electrons. The fraction of sp³-hybridized carbons (Fsp3) is 0.700. The van der Waals surface area contributed by atoms with Gasteiger partial charge in [0.25, 0.3) is 0 Å². The minimum absolute atomic E-state index is 0.202. The Kier molecular flexibility index (Phi) is 7.59. The second-order valence-corrected chi connectivity index (χ2v) is 3.12. The van der Waals surface area contributed by atoms with E-state index >= 15 is 0 Å². The lowest BCUT2D eigenvalue weighted by atomic mass is 10.1. The SMILES string of the molecule is CCC(CCC(N=C=O)C(=O)OC)N=C=O. The van der Waals surface area contributed by atoms with E-state index in [1.54, 1.807) is 0 Å². The van der Waals surface area contributed by atoms with Crippen LogP contribution in [0.15, 0.2) is 9.98 Å². The number of ether oxygens (including phenoxy) is 1. The van der Waals surface area contributed by atoms with E-state index in [2.05, 4.69) is 14.7 Å². The number of esters is 1. The molecule has 0 aromatic rings. The average Bonchev–Trinajstić information content (AvgIpc) is 2.31. The van der Waals surface area contributed by atoms with Crippen molar-refractivity contribution in [3.63, 3.8) is 0 Å². The Bertz CT molecular complexity index is 317. The van der Waals surface area contributed by atoms with Crippen molar-refractivity contribution in [3.05, 3.63) is 0 Å². The van der Waals surface area contributed by atoms with Crippen LogP contribution in [0.5, 0.6) is 0 Å². The molecule has 0 spiro atoms. The van der Waals surface area contributed by atoms with Gasteiger partial charge in [-0.25, -0.2) is 19.4 Å².